The van der Waals surface area contributed by atoms with Gasteiger partial charge in [-0.3, -0.25) is 9.20 Å². The zero-order chi connectivity index (χ0) is 15.7. The fourth-order valence-electron chi connectivity index (χ4n) is 2.21. The quantitative estimate of drug-likeness (QED) is 0.804. The summed E-state index contributed by atoms with van der Waals surface area (Å²) < 4.78 is 3.84. The van der Waals surface area contributed by atoms with Crippen molar-refractivity contribution < 1.29 is 4.79 Å². The standard InChI is InChI=1S/C15H19N5OS/c1-15(2,3)12(9-19-5-4-16-10-19)18-13(21)11-8-20-6-7-22-14(20)17-11/h4-8,10,12H,9H2,1-3H3,(H,18,21). The van der Waals surface area contributed by atoms with E-state index in [0.717, 1.165) is 4.96 Å². The Labute approximate surface area is 132 Å². The Balaban J connectivity index is 1.77. The molecule has 1 amide bonds. The van der Waals surface area contributed by atoms with Gasteiger partial charge in [0.1, 0.15) is 5.69 Å². The summed E-state index contributed by atoms with van der Waals surface area (Å²) in [4.78, 5) is 21.7. The zero-order valence-electron chi connectivity index (χ0n) is 12.9. The number of rotatable bonds is 4. The first-order chi connectivity index (χ1) is 10.4. The third kappa shape index (κ3) is 3.04. The highest BCUT2D eigenvalue weighted by Crippen LogP contribution is 2.21. The summed E-state index contributed by atoms with van der Waals surface area (Å²) >= 11 is 1.51. The van der Waals surface area contributed by atoms with Crippen LogP contribution in [0.25, 0.3) is 4.96 Å². The summed E-state index contributed by atoms with van der Waals surface area (Å²) in [5.74, 6) is -0.143. The number of nitrogens with one attached hydrogen (secondary N) is 1. The van der Waals surface area contributed by atoms with Crippen molar-refractivity contribution in [3.05, 3.63) is 42.2 Å². The predicted molar refractivity (Wildman–Crippen MR) is 86.0 cm³/mol. The molecule has 3 aromatic heterocycles. The Morgan fingerprint density at radius 3 is 2.86 bits per heavy atom. The van der Waals surface area contributed by atoms with Crippen LogP contribution in [0.2, 0.25) is 0 Å². The van der Waals surface area contributed by atoms with Crippen molar-refractivity contribution in [1.29, 1.82) is 0 Å². The van der Waals surface area contributed by atoms with Crippen LogP contribution in [-0.2, 0) is 6.54 Å². The summed E-state index contributed by atoms with van der Waals surface area (Å²) in [6.45, 7) is 7.01. The maximum atomic E-state index is 12.5. The molecule has 7 heteroatoms. The molecule has 22 heavy (non-hydrogen) atoms. The monoisotopic (exact) mass is 317 g/mol. The van der Waals surface area contributed by atoms with E-state index in [1.807, 2.05) is 26.7 Å². The van der Waals surface area contributed by atoms with E-state index in [4.69, 9.17) is 0 Å². The Morgan fingerprint density at radius 2 is 2.23 bits per heavy atom. The van der Waals surface area contributed by atoms with E-state index in [0.29, 0.717) is 12.2 Å². The van der Waals surface area contributed by atoms with Crippen molar-refractivity contribution in [3.63, 3.8) is 0 Å². The Kier molecular flexibility index (Phi) is 3.74. The molecule has 0 saturated heterocycles. The van der Waals surface area contributed by atoms with Crippen LogP contribution in [0.3, 0.4) is 0 Å². The number of nitrogens with zero attached hydrogens (tertiary/aromatic N) is 4. The predicted octanol–water partition coefficient (Wildman–Crippen LogP) is 2.44. The number of hydrogen-bond donors (Lipinski definition) is 1. The van der Waals surface area contributed by atoms with Gasteiger partial charge < -0.3 is 9.88 Å². The molecule has 3 heterocycles. The molecule has 0 bridgehead atoms. The smallest absolute Gasteiger partial charge is 0.271 e. The number of carbonyl (C=O) groups is 1. The van der Waals surface area contributed by atoms with Crippen molar-refractivity contribution >= 4 is 22.2 Å². The normalized spacial score (nSPS) is 13.4. The summed E-state index contributed by atoms with van der Waals surface area (Å²) in [5, 5.41) is 5.05. The maximum absolute atomic E-state index is 12.5. The lowest BCUT2D eigenvalue weighted by Crippen LogP contribution is -2.46. The van der Waals surface area contributed by atoms with Gasteiger partial charge in [-0.25, -0.2) is 9.97 Å². The molecule has 1 N–H and O–H groups in total. The van der Waals surface area contributed by atoms with E-state index in [1.54, 1.807) is 18.7 Å². The van der Waals surface area contributed by atoms with E-state index in [-0.39, 0.29) is 17.4 Å². The van der Waals surface area contributed by atoms with Crippen LogP contribution >= 0.6 is 11.3 Å². The molecule has 116 valence electrons. The number of thiazole rings is 1. The van der Waals surface area contributed by atoms with E-state index in [1.165, 1.54) is 11.3 Å². The molecule has 0 spiro atoms. The molecule has 0 saturated carbocycles. The largest absolute Gasteiger partial charge is 0.346 e. The second-order valence-corrected chi connectivity index (χ2v) is 7.24. The molecule has 1 unspecified atom stereocenters. The van der Waals surface area contributed by atoms with Crippen LogP contribution in [0.15, 0.2) is 36.5 Å². The van der Waals surface area contributed by atoms with Crippen LogP contribution in [0.1, 0.15) is 31.3 Å². The molecule has 3 rings (SSSR count). The number of hydrogen-bond acceptors (Lipinski definition) is 4. The van der Waals surface area contributed by atoms with Crippen LogP contribution in [0, 0.1) is 5.41 Å². The number of amides is 1. The van der Waals surface area contributed by atoms with Crippen LogP contribution in [0.5, 0.6) is 0 Å². The van der Waals surface area contributed by atoms with E-state index < -0.39 is 0 Å². The number of imidazole rings is 2. The maximum Gasteiger partial charge on any atom is 0.271 e. The van der Waals surface area contributed by atoms with Gasteiger partial charge in [-0.2, -0.15) is 0 Å². The lowest BCUT2D eigenvalue weighted by Gasteiger charge is -2.31. The fraction of sp³-hybridized carbons (Fsp3) is 0.400. The average molecular weight is 317 g/mol. The molecule has 0 aliphatic rings. The Bertz CT molecular complexity index is 737. The summed E-state index contributed by atoms with van der Waals surface area (Å²) in [7, 11) is 0. The molecule has 0 fully saturated rings. The van der Waals surface area contributed by atoms with Gasteiger partial charge in [-0.05, 0) is 5.41 Å². The first kappa shape index (κ1) is 14.8. The fourth-order valence-corrected chi connectivity index (χ4v) is 2.91. The highest BCUT2D eigenvalue weighted by atomic mass is 32.1. The minimum absolute atomic E-state index is 0.0195. The van der Waals surface area contributed by atoms with Crippen molar-refractivity contribution in [1.82, 2.24) is 24.3 Å². The Morgan fingerprint density at radius 1 is 1.41 bits per heavy atom. The third-order valence-corrected chi connectivity index (χ3v) is 4.40. The molecule has 0 radical (unpaired) electrons. The molecular weight excluding hydrogens is 298 g/mol. The molecule has 6 nitrogen and oxygen atoms in total. The highest BCUT2D eigenvalue weighted by Gasteiger charge is 2.27. The van der Waals surface area contributed by atoms with Crippen LogP contribution in [-0.4, -0.2) is 30.9 Å². The molecular formula is C15H19N5OS. The topological polar surface area (TPSA) is 64.2 Å². The second kappa shape index (κ2) is 5.57. The van der Waals surface area contributed by atoms with Crippen LogP contribution in [0.4, 0.5) is 0 Å². The number of fused-ring (bicyclic) bond motifs is 1. The molecule has 0 aromatic carbocycles. The highest BCUT2D eigenvalue weighted by molar-refractivity contribution is 7.15. The van der Waals surface area contributed by atoms with Gasteiger partial charge in [0.15, 0.2) is 4.96 Å². The lowest BCUT2D eigenvalue weighted by molar-refractivity contribution is 0.0888. The first-order valence-corrected chi connectivity index (χ1v) is 8.00. The van der Waals surface area contributed by atoms with Crippen molar-refractivity contribution in [2.75, 3.05) is 0 Å². The zero-order valence-corrected chi connectivity index (χ0v) is 13.7. The minimum Gasteiger partial charge on any atom is -0.346 e. The third-order valence-electron chi connectivity index (χ3n) is 3.63. The van der Waals surface area contributed by atoms with Crippen molar-refractivity contribution in [3.8, 4) is 0 Å². The molecule has 0 aliphatic carbocycles. The van der Waals surface area contributed by atoms with Crippen LogP contribution < -0.4 is 5.32 Å². The van der Waals surface area contributed by atoms with Gasteiger partial charge in [0, 0.05) is 36.7 Å². The summed E-state index contributed by atoms with van der Waals surface area (Å²) in [6.07, 6.45) is 9.06. The lowest BCUT2D eigenvalue weighted by atomic mass is 9.86. The molecule has 1 atom stereocenters. The molecule has 0 aliphatic heterocycles. The van der Waals surface area contributed by atoms with E-state index in [2.05, 4.69) is 36.1 Å². The minimum atomic E-state index is -0.143. The molecule has 3 aromatic rings. The average Bonchev–Trinajstić information content (AvgIpc) is 3.12. The van der Waals surface area contributed by atoms with Crippen molar-refractivity contribution in [2.45, 2.75) is 33.4 Å². The second-order valence-electron chi connectivity index (χ2n) is 6.37. The van der Waals surface area contributed by atoms with E-state index >= 15 is 0 Å². The van der Waals surface area contributed by atoms with Crippen molar-refractivity contribution in [2.24, 2.45) is 5.41 Å². The van der Waals surface area contributed by atoms with Gasteiger partial charge in [0.2, 0.25) is 0 Å². The van der Waals surface area contributed by atoms with Gasteiger partial charge in [-0.15, -0.1) is 11.3 Å². The Hall–Kier alpha value is -2.15. The van der Waals surface area contributed by atoms with Gasteiger partial charge in [0.25, 0.3) is 5.91 Å². The number of aromatic nitrogens is 4. The first-order valence-electron chi connectivity index (χ1n) is 7.12. The SMILES string of the molecule is CC(C)(C)C(Cn1ccnc1)NC(=O)c1cn2ccsc2n1. The van der Waals surface area contributed by atoms with Gasteiger partial charge >= 0.3 is 0 Å². The van der Waals surface area contributed by atoms with Gasteiger partial charge in [0.05, 0.1) is 12.4 Å². The summed E-state index contributed by atoms with van der Waals surface area (Å²) in [6, 6.07) is -0.0195. The van der Waals surface area contributed by atoms with Gasteiger partial charge in [-0.1, -0.05) is 20.8 Å². The van der Waals surface area contributed by atoms with E-state index in [9.17, 15) is 4.79 Å². The summed E-state index contributed by atoms with van der Waals surface area (Å²) in [5.41, 5.74) is 0.378. The number of carbonyl (C=O) groups excluding carboxylic acids is 1.